The van der Waals surface area contributed by atoms with Gasteiger partial charge in [0.05, 0.1) is 11.7 Å². The van der Waals surface area contributed by atoms with E-state index >= 15 is 0 Å². The van der Waals surface area contributed by atoms with E-state index in [2.05, 4.69) is 78.9 Å². The minimum atomic E-state index is -1.57. The minimum absolute atomic E-state index is 0.139. The molecule has 1 amide bonds. The van der Waals surface area contributed by atoms with Gasteiger partial charge in [0.1, 0.15) is 11.8 Å². The highest BCUT2D eigenvalue weighted by molar-refractivity contribution is 6.16. The van der Waals surface area contributed by atoms with Crippen LogP contribution < -0.4 is 5.32 Å². The quantitative estimate of drug-likeness (QED) is 0.0553. The van der Waals surface area contributed by atoms with Gasteiger partial charge in [-0.2, -0.15) is 0 Å². The highest BCUT2D eigenvalue weighted by Gasteiger charge is 2.74. The van der Waals surface area contributed by atoms with Crippen molar-refractivity contribution in [2.45, 2.75) is 150 Å². The Morgan fingerprint density at radius 1 is 1.04 bits per heavy atom. The number of Topliss-reactive ketones (excluding diaryl/α,β-unsaturated/α-hetero) is 1. The number of ketones is 1. The van der Waals surface area contributed by atoms with Crippen LogP contribution in [0, 0.1) is 52.3 Å². The molecule has 2 fully saturated rings. The summed E-state index contributed by atoms with van der Waals surface area (Å²) in [4.78, 5) is 42.3. The zero-order valence-electron chi connectivity index (χ0n) is 33.1. The number of aldehydes is 1. The number of carbonyl (C=O) groups excluding carboxylic acids is 3. The number of hydrogen-bond donors (Lipinski definition) is 3. The van der Waals surface area contributed by atoms with Gasteiger partial charge in [0, 0.05) is 28.1 Å². The van der Waals surface area contributed by atoms with Crippen LogP contribution >= 0.6 is 0 Å². The number of fused-ring (bicyclic) bond motifs is 2. The van der Waals surface area contributed by atoms with Gasteiger partial charge in [-0.3, -0.25) is 9.59 Å². The largest absolute Gasteiger partial charge is 0.389 e. The van der Waals surface area contributed by atoms with Gasteiger partial charge in [-0.05, 0) is 105 Å². The van der Waals surface area contributed by atoms with Crippen LogP contribution in [0.15, 0.2) is 58.7 Å². The van der Waals surface area contributed by atoms with Crippen molar-refractivity contribution in [3.05, 3.63) is 58.7 Å². The molecule has 0 aromatic rings. The lowest BCUT2D eigenvalue weighted by Crippen LogP contribution is -2.68. The molecule has 3 N–H and O–H groups in total. The first-order chi connectivity index (χ1) is 24.0. The number of unbranched alkanes of at least 4 members (excludes halogenated alkanes) is 3. The molecular formula is C45H67NO5. The van der Waals surface area contributed by atoms with Crippen LogP contribution in [0.5, 0.6) is 0 Å². The smallest absolute Gasteiger partial charge is 0.245 e. The van der Waals surface area contributed by atoms with Gasteiger partial charge in [-0.1, -0.05) is 111 Å². The van der Waals surface area contributed by atoms with Crippen molar-refractivity contribution in [3.8, 4) is 0 Å². The molecule has 0 aromatic heterocycles. The van der Waals surface area contributed by atoms with E-state index in [1.165, 1.54) is 31.8 Å². The van der Waals surface area contributed by atoms with Crippen molar-refractivity contribution in [3.63, 3.8) is 0 Å². The standard InChI is InChI=1S/C45H67NO5/c1-10-11-12-13-14-29(4)23-30(5)15-18-38(49)46-44(27-47)26-33-24-36(32(7)17-16-31(6)28(2)3)43(9)22-20-35-39(45(33,43)51)40(44)41(50)37-25-34(48)19-21-42(35,37)8/h15-18,23,25,27-29,31-36,48,51H,10-14,19-22,24,26H2,1-9H3,(H,46,49)/b17-16+,18-15+,30-23+/t29?,31?,32-,33+,34-,35-,36+,42+,43+,44-,45-/m0/s1. The van der Waals surface area contributed by atoms with Crippen LogP contribution in [-0.4, -0.2) is 45.4 Å². The normalized spacial score (nSPS) is 38.1. The molecule has 0 spiro atoms. The number of aliphatic hydroxyl groups is 2. The monoisotopic (exact) mass is 702 g/mol. The third-order valence-corrected chi connectivity index (χ3v) is 14.5. The Morgan fingerprint density at radius 3 is 2.43 bits per heavy atom. The second-order valence-electron chi connectivity index (χ2n) is 18.2. The molecule has 0 radical (unpaired) electrons. The highest BCUT2D eigenvalue weighted by Crippen LogP contribution is 2.73. The highest BCUT2D eigenvalue weighted by atomic mass is 16.3. The van der Waals surface area contributed by atoms with Crippen LogP contribution in [0.1, 0.15) is 133 Å². The molecule has 51 heavy (non-hydrogen) atoms. The fourth-order valence-electron chi connectivity index (χ4n) is 11.1. The number of carbonyl (C=O) groups is 3. The van der Waals surface area contributed by atoms with Crippen molar-refractivity contribution in [2.75, 3.05) is 0 Å². The Balaban J connectivity index is 1.55. The Morgan fingerprint density at radius 2 is 1.76 bits per heavy atom. The lowest BCUT2D eigenvalue weighted by Gasteiger charge is -2.63. The molecule has 5 aliphatic rings. The van der Waals surface area contributed by atoms with Crippen LogP contribution in [0.3, 0.4) is 0 Å². The van der Waals surface area contributed by atoms with E-state index in [1.54, 1.807) is 12.2 Å². The maximum Gasteiger partial charge on any atom is 0.245 e. The van der Waals surface area contributed by atoms with Gasteiger partial charge in [-0.15, -0.1) is 0 Å². The van der Waals surface area contributed by atoms with Crippen LogP contribution in [0.2, 0.25) is 0 Å². The molecule has 282 valence electrons. The Hall–Kier alpha value is -2.57. The van der Waals surface area contributed by atoms with E-state index in [-0.39, 0.29) is 41.4 Å². The molecule has 6 heteroatoms. The predicted molar refractivity (Wildman–Crippen MR) is 206 cm³/mol. The Bertz CT molecular complexity index is 1520. The van der Waals surface area contributed by atoms with Crippen LogP contribution in [0.25, 0.3) is 0 Å². The van der Waals surface area contributed by atoms with Crippen LogP contribution in [-0.2, 0) is 14.4 Å². The molecule has 2 saturated carbocycles. The summed E-state index contributed by atoms with van der Waals surface area (Å²) in [6.45, 7) is 19.7. The molecule has 0 bridgehead atoms. The lowest BCUT2D eigenvalue weighted by molar-refractivity contribution is -0.140. The molecule has 5 aliphatic carbocycles. The second-order valence-corrected chi connectivity index (χ2v) is 18.2. The summed E-state index contributed by atoms with van der Waals surface area (Å²) < 4.78 is 0. The van der Waals surface area contributed by atoms with E-state index in [0.29, 0.717) is 48.2 Å². The Kier molecular flexibility index (Phi) is 11.7. The molecule has 11 atom stereocenters. The molecule has 0 aliphatic heterocycles. The number of rotatable bonds is 14. The molecular weight excluding hydrogens is 634 g/mol. The van der Waals surface area contributed by atoms with E-state index < -0.39 is 34.0 Å². The lowest BCUT2D eigenvalue weighted by atomic mass is 9.43. The summed E-state index contributed by atoms with van der Waals surface area (Å²) >= 11 is 0. The summed E-state index contributed by atoms with van der Waals surface area (Å²) in [5.41, 5.74) is -1.43. The van der Waals surface area contributed by atoms with Crippen molar-refractivity contribution in [1.29, 1.82) is 0 Å². The average Bonchev–Trinajstić information content (AvgIpc) is 3.31. The summed E-state index contributed by atoms with van der Waals surface area (Å²) in [5, 5.41) is 27.2. The van der Waals surface area contributed by atoms with Gasteiger partial charge < -0.3 is 20.3 Å². The summed E-state index contributed by atoms with van der Waals surface area (Å²) in [6.07, 6.45) is 21.4. The molecule has 0 saturated heterocycles. The number of allylic oxidation sites excluding steroid dienone is 6. The minimum Gasteiger partial charge on any atom is -0.389 e. The van der Waals surface area contributed by atoms with Crippen molar-refractivity contribution in [1.82, 2.24) is 5.32 Å². The first-order valence-corrected chi connectivity index (χ1v) is 20.2. The van der Waals surface area contributed by atoms with E-state index in [1.807, 2.05) is 6.92 Å². The SMILES string of the molecule is CCCCCCC(C)/C=C(C)/C=C/C(=O)N[C@]1(C=O)C[C@H]2C[C@H]([C@@H](C)/C=C/C(C)C(C)C)[C@@]3(C)CC[C@H]4C(=C1C(=O)C1=C[C@@H](O)CC[C@@]14C)[C@@]23O. The molecule has 6 nitrogen and oxygen atoms in total. The topological polar surface area (TPSA) is 104 Å². The van der Waals surface area contributed by atoms with E-state index in [9.17, 15) is 24.6 Å². The second kappa shape index (κ2) is 15.0. The van der Waals surface area contributed by atoms with Crippen molar-refractivity contribution < 1.29 is 24.6 Å². The van der Waals surface area contributed by atoms with E-state index in [4.69, 9.17) is 0 Å². The number of nitrogens with one attached hydrogen (secondary N) is 1. The molecule has 5 rings (SSSR count). The first kappa shape index (κ1) is 39.6. The van der Waals surface area contributed by atoms with Gasteiger partial charge >= 0.3 is 0 Å². The predicted octanol–water partition coefficient (Wildman–Crippen LogP) is 8.79. The average molecular weight is 702 g/mol. The zero-order valence-corrected chi connectivity index (χ0v) is 33.1. The van der Waals surface area contributed by atoms with E-state index in [0.717, 1.165) is 31.1 Å². The summed E-state index contributed by atoms with van der Waals surface area (Å²) in [5.74, 6) is 0.492. The number of amides is 1. The molecule has 0 aromatic carbocycles. The summed E-state index contributed by atoms with van der Waals surface area (Å²) in [6, 6.07) is 0. The first-order valence-electron chi connectivity index (χ1n) is 20.2. The molecule has 2 unspecified atom stereocenters. The maximum atomic E-state index is 14.9. The fraction of sp³-hybridized carbons (Fsp3) is 0.711. The van der Waals surface area contributed by atoms with Crippen molar-refractivity contribution >= 4 is 18.0 Å². The maximum absolute atomic E-state index is 14.9. The third-order valence-electron chi connectivity index (χ3n) is 14.5. The fourth-order valence-corrected chi connectivity index (χ4v) is 11.1. The van der Waals surface area contributed by atoms with Gasteiger partial charge in [0.25, 0.3) is 0 Å². The van der Waals surface area contributed by atoms with Gasteiger partial charge in [0.2, 0.25) is 5.91 Å². The Labute approximate surface area is 308 Å². The van der Waals surface area contributed by atoms with Crippen molar-refractivity contribution in [2.24, 2.45) is 52.3 Å². The number of aliphatic hydroxyl groups excluding tert-OH is 1. The molecule has 0 heterocycles. The number of hydrogen-bond acceptors (Lipinski definition) is 5. The van der Waals surface area contributed by atoms with Crippen LogP contribution in [0.4, 0.5) is 0 Å². The van der Waals surface area contributed by atoms with Gasteiger partial charge in [-0.25, -0.2) is 0 Å². The summed E-state index contributed by atoms with van der Waals surface area (Å²) in [7, 11) is 0. The third kappa shape index (κ3) is 6.86. The van der Waals surface area contributed by atoms with Gasteiger partial charge in [0.15, 0.2) is 5.78 Å². The zero-order chi connectivity index (χ0) is 37.5.